The second kappa shape index (κ2) is 6.84. The van der Waals surface area contributed by atoms with Crippen LogP contribution in [0.15, 0.2) is 16.6 Å². The molecule has 1 unspecified atom stereocenters. The zero-order valence-corrected chi connectivity index (χ0v) is 12.7. The Hall–Kier alpha value is -1.17. The van der Waals surface area contributed by atoms with E-state index in [0.717, 1.165) is 6.07 Å². The van der Waals surface area contributed by atoms with E-state index in [1.807, 2.05) is 13.8 Å². The van der Waals surface area contributed by atoms with Crippen LogP contribution in [0, 0.1) is 11.6 Å². The molecule has 6 heteroatoms. The number of nitrogens with one attached hydrogen (secondary N) is 1. The normalized spacial score (nSPS) is 12.1. The van der Waals surface area contributed by atoms with Gasteiger partial charge in [0.25, 0.3) is 0 Å². The third kappa shape index (κ3) is 3.89. The first-order valence-corrected chi connectivity index (χ1v) is 6.89. The molecule has 0 aliphatic carbocycles. The summed E-state index contributed by atoms with van der Waals surface area (Å²) >= 11 is 2.99. The highest BCUT2D eigenvalue weighted by molar-refractivity contribution is 9.10. The van der Waals surface area contributed by atoms with Crippen molar-refractivity contribution in [3.8, 4) is 0 Å². The van der Waals surface area contributed by atoms with Gasteiger partial charge in [-0.05, 0) is 42.8 Å². The van der Waals surface area contributed by atoms with Crippen LogP contribution in [-0.4, -0.2) is 29.9 Å². The lowest BCUT2D eigenvalue weighted by Gasteiger charge is -2.24. The lowest BCUT2D eigenvalue weighted by atomic mass is 10.2. The third-order valence-electron chi connectivity index (χ3n) is 2.83. The Bertz CT molecular complexity index is 464. The van der Waals surface area contributed by atoms with Crippen molar-refractivity contribution in [2.75, 3.05) is 18.4 Å². The Kier molecular flexibility index (Phi) is 5.72. The van der Waals surface area contributed by atoms with Crippen molar-refractivity contribution < 1.29 is 13.6 Å². The van der Waals surface area contributed by atoms with Crippen molar-refractivity contribution in [3.63, 3.8) is 0 Å². The fraction of sp³-hybridized carbons (Fsp3) is 0.462. The number of halogens is 3. The van der Waals surface area contributed by atoms with Crippen LogP contribution in [0.25, 0.3) is 0 Å². The molecule has 0 aliphatic rings. The van der Waals surface area contributed by atoms with Gasteiger partial charge in [0.2, 0.25) is 5.91 Å². The molecule has 1 aromatic rings. The highest BCUT2D eigenvalue weighted by Crippen LogP contribution is 2.24. The second-order valence-electron chi connectivity index (χ2n) is 4.12. The van der Waals surface area contributed by atoms with Crippen molar-refractivity contribution in [1.29, 1.82) is 0 Å². The third-order valence-corrected chi connectivity index (χ3v) is 3.44. The minimum Gasteiger partial charge on any atom is -0.371 e. The van der Waals surface area contributed by atoms with E-state index < -0.39 is 17.7 Å². The summed E-state index contributed by atoms with van der Waals surface area (Å²) in [5.41, 5.74) is 0.0984. The molecule has 1 aromatic carbocycles. The molecule has 106 valence electrons. The molecular weight excluding hydrogens is 318 g/mol. The molecule has 0 saturated carbocycles. The van der Waals surface area contributed by atoms with Crippen molar-refractivity contribution >= 4 is 27.5 Å². The highest BCUT2D eigenvalue weighted by atomic mass is 79.9. The van der Waals surface area contributed by atoms with Gasteiger partial charge >= 0.3 is 0 Å². The van der Waals surface area contributed by atoms with Gasteiger partial charge in [0.05, 0.1) is 10.2 Å². The average molecular weight is 335 g/mol. The van der Waals surface area contributed by atoms with Crippen molar-refractivity contribution in [3.05, 3.63) is 28.2 Å². The second-order valence-corrected chi connectivity index (χ2v) is 4.98. The minimum atomic E-state index is -0.722. The zero-order chi connectivity index (χ0) is 14.6. The Balaban J connectivity index is 2.85. The molecule has 0 fully saturated rings. The fourth-order valence-electron chi connectivity index (χ4n) is 1.74. The van der Waals surface area contributed by atoms with E-state index in [1.54, 1.807) is 11.8 Å². The highest BCUT2D eigenvalue weighted by Gasteiger charge is 2.19. The lowest BCUT2D eigenvalue weighted by molar-refractivity contribution is -0.131. The molecule has 19 heavy (non-hydrogen) atoms. The summed E-state index contributed by atoms with van der Waals surface area (Å²) in [4.78, 5) is 13.7. The molecule has 3 nitrogen and oxygen atoms in total. The van der Waals surface area contributed by atoms with Crippen LogP contribution in [0.4, 0.5) is 14.5 Å². The molecule has 0 radical (unpaired) electrons. The van der Waals surface area contributed by atoms with Gasteiger partial charge in [0.15, 0.2) is 0 Å². The quantitative estimate of drug-likeness (QED) is 0.837. The summed E-state index contributed by atoms with van der Waals surface area (Å²) in [7, 11) is 0. The van der Waals surface area contributed by atoms with E-state index in [2.05, 4.69) is 21.2 Å². The van der Waals surface area contributed by atoms with Crippen LogP contribution < -0.4 is 5.32 Å². The van der Waals surface area contributed by atoms with Crippen molar-refractivity contribution in [1.82, 2.24) is 4.90 Å². The monoisotopic (exact) mass is 334 g/mol. The number of carbonyl (C=O) groups excluding carboxylic acids is 1. The predicted molar refractivity (Wildman–Crippen MR) is 75.1 cm³/mol. The van der Waals surface area contributed by atoms with Gasteiger partial charge in [-0.3, -0.25) is 4.79 Å². The number of hydrogen-bond donors (Lipinski definition) is 1. The Labute approximate surface area is 120 Å². The van der Waals surface area contributed by atoms with Crippen LogP contribution in [-0.2, 0) is 4.79 Å². The summed E-state index contributed by atoms with van der Waals surface area (Å²) in [6.45, 7) is 6.59. The number of benzene rings is 1. The van der Waals surface area contributed by atoms with Crippen molar-refractivity contribution in [2.45, 2.75) is 26.8 Å². The summed E-state index contributed by atoms with van der Waals surface area (Å²) in [6.07, 6.45) is 0. The van der Waals surface area contributed by atoms with E-state index in [-0.39, 0.29) is 16.1 Å². The molecule has 1 amide bonds. The maximum absolute atomic E-state index is 13.6. The van der Waals surface area contributed by atoms with Gasteiger partial charge in [0.1, 0.15) is 17.7 Å². The molecule has 0 saturated heterocycles. The first-order valence-electron chi connectivity index (χ1n) is 6.10. The van der Waals surface area contributed by atoms with Gasteiger partial charge in [-0.15, -0.1) is 0 Å². The topological polar surface area (TPSA) is 32.3 Å². The SMILES string of the molecule is CCN(CC)C(=O)C(C)Nc1cc(Br)c(F)cc1F. The zero-order valence-electron chi connectivity index (χ0n) is 11.1. The maximum Gasteiger partial charge on any atom is 0.244 e. The average Bonchev–Trinajstić information content (AvgIpc) is 2.37. The Morgan fingerprint density at radius 3 is 2.42 bits per heavy atom. The number of anilines is 1. The Morgan fingerprint density at radius 2 is 1.89 bits per heavy atom. The molecule has 1 atom stereocenters. The van der Waals surface area contributed by atoms with E-state index in [4.69, 9.17) is 0 Å². The molecule has 0 spiro atoms. The molecule has 0 aliphatic heterocycles. The van der Waals surface area contributed by atoms with Crippen LogP contribution >= 0.6 is 15.9 Å². The largest absolute Gasteiger partial charge is 0.371 e. The maximum atomic E-state index is 13.6. The van der Waals surface area contributed by atoms with Crippen LogP contribution in [0.3, 0.4) is 0 Å². The van der Waals surface area contributed by atoms with Gasteiger partial charge in [-0.1, -0.05) is 0 Å². The first-order chi connectivity index (χ1) is 8.90. The molecule has 0 heterocycles. The number of rotatable bonds is 5. The molecular formula is C13H17BrF2N2O. The fourth-order valence-corrected chi connectivity index (χ4v) is 2.08. The van der Waals surface area contributed by atoms with E-state index in [9.17, 15) is 13.6 Å². The molecule has 1 N–H and O–H groups in total. The van der Waals surface area contributed by atoms with Gasteiger partial charge < -0.3 is 10.2 Å². The summed E-state index contributed by atoms with van der Waals surface area (Å²) in [6, 6.07) is 1.49. The number of nitrogens with zero attached hydrogens (tertiary/aromatic N) is 1. The number of likely N-dealkylation sites (N-methyl/N-ethyl adjacent to an activating group) is 1. The van der Waals surface area contributed by atoms with Crippen LogP contribution in [0.1, 0.15) is 20.8 Å². The van der Waals surface area contributed by atoms with Crippen molar-refractivity contribution in [2.24, 2.45) is 0 Å². The number of amides is 1. The smallest absolute Gasteiger partial charge is 0.244 e. The summed E-state index contributed by atoms with van der Waals surface area (Å²) < 4.78 is 26.8. The van der Waals surface area contributed by atoms with E-state index in [1.165, 1.54) is 6.07 Å². The Morgan fingerprint density at radius 1 is 1.32 bits per heavy atom. The predicted octanol–water partition coefficient (Wildman–Crippen LogP) is 3.40. The van der Waals surface area contributed by atoms with Crippen LogP contribution in [0.2, 0.25) is 0 Å². The number of hydrogen-bond acceptors (Lipinski definition) is 2. The molecule has 0 bridgehead atoms. The van der Waals surface area contributed by atoms with Gasteiger partial charge in [-0.25, -0.2) is 8.78 Å². The standard InChI is InChI=1S/C13H17BrF2N2O/c1-4-18(5-2)13(19)8(3)17-12-6-9(14)10(15)7-11(12)16/h6-8,17H,4-5H2,1-3H3. The lowest BCUT2D eigenvalue weighted by Crippen LogP contribution is -2.41. The summed E-state index contributed by atoms with van der Waals surface area (Å²) in [5.74, 6) is -1.52. The minimum absolute atomic E-state index is 0.0984. The van der Waals surface area contributed by atoms with Gasteiger partial charge in [0, 0.05) is 19.2 Å². The van der Waals surface area contributed by atoms with Gasteiger partial charge in [-0.2, -0.15) is 0 Å². The molecule has 0 aromatic heterocycles. The van der Waals surface area contributed by atoms with E-state index >= 15 is 0 Å². The number of carbonyl (C=O) groups is 1. The molecule has 1 rings (SSSR count). The van der Waals surface area contributed by atoms with E-state index in [0.29, 0.717) is 13.1 Å². The summed E-state index contributed by atoms with van der Waals surface area (Å²) in [5, 5.41) is 2.76. The van der Waals surface area contributed by atoms with Crippen LogP contribution in [0.5, 0.6) is 0 Å². The first kappa shape index (κ1) is 15.9.